The van der Waals surface area contributed by atoms with Gasteiger partial charge in [0.25, 0.3) is 17.7 Å². The zero-order valence-electron chi connectivity index (χ0n) is 23.1. The minimum absolute atomic E-state index is 0.0413. The minimum Gasteiger partial charge on any atom is -0.489 e. The molecule has 0 aliphatic carbocycles. The molecule has 5 rings (SSSR count). The molecule has 0 aromatic heterocycles. The first-order valence-electron chi connectivity index (χ1n) is 13.8. The molecule has 0 radical (unpaired) electrons. The van der Waals surface area contributed by atoms with Crippen molar-refractivity contribution >= 4 is 46.4 Å². The van der Waals surface area contributed by atoms with E-state index in [4.69, 9.17) is 16.3 Å². The Labute approximate surface area is 249 Å². The van der Waals surface area contributed by atoms with Gasteiger partial charge < -0.3 is 15.4 Å². The molecule has 0 saturated carbocycles. The number of imide groups is 1. The number of rotatable bonds is 11. The van der Waals surface area contributed by atoms with E-state index in [-0.39, 0.29) is 16.6 Å². The van der Waals surface area contributed by atoms with Crippen molar-refractivity contribution in [2.75, 3.05) is 15.5 Å². The molecule has 212 valence electrons. The largest absolute Gasteiger partial charge is 0.489 e. The van der Waals surface area contributed by atoms with E-state index in [0.29, 0.717) is 35.0 Å². The normalized spacial score (nSPS) is 13.0. The molecule has 1 aliphatic rings. The summed E-state index contributed by atoms with van der Waals surface area (Å²) in [6, 6.07) is 30.9. The zero-order valence-corrected chi connectivity index (χ0v) is 23.9. The van der Waals surface area contributed by atoms with Crippen LogP contribution in [0.2, 0.25) is 0 Å². The maximum absolute atomic E-state index is 13.2. The molecule has 0 fully saturated rings. The Morgan fingerprint density at radius 1 is 0.810 bits per heavy atom. The second-order valence-corrected chi connectivity index (χ2v) is 10.2. The number of aryl methyl sites for hydroxylation is 1. The molecule has 0 saturated heterocycles. The van der Waals surface area contributed by atoms with Crippen LogP contribution in [0.1, 0.15) is 41.3 Å². The van der Waals surface area contributed by atoms with E-state index in [9.17, 15) is 14.4 Å². The van der Waals surface area contributed by atoms with Crippen molar-refractivity contribution in [3.63, 3.8) is 0 Å². The van der Waals surface area contributed by atoms with E-state index >= 15 is 0 Å². The van der Waals surface area contributed by atoms with Crippen LogP contribution in [0.25, 0.3) is 0 Å². The van der Waals surface area contributed by atoms with Crippen LogP contribution < -0.4 is 20.3 Å². The van der Waals surface area contributed by atoms with Gasteiger partial charge in [-0.05, 0) is 78.6 Å². The van der Waals surface area contributed by atoms with Gasteiger partial charge in [0, 0.05) is 16.9 Å². The van der Waals surface area contributed by atoms with Gasteiger partial charge in [-0.3, -0.25) is 14.4 Å². The Morgan fingerprint density at radius 3 is 2.26 bits per heavy atom. The molecule has 4 aromatic carbocycles. The van der Waals surface area contributed by atoms with Gasteiger partial charge in [-0.15, -0.1) is 0 Å². The maximum atomic E-state index is 13.2. The predicted octanol–water partition coefficient (Wildman–Crippen LogP) is 7.30. The number of hydrogen-bond acceptors (Lipinski definition) is 5. The van der Waals surface area contributed by atoms with Gasteiger partial charge in [-0.1, -0.05) is 73.5 Å². The molecule has 4 aromatic rings. The van der Waals surface area contributed by atoms with Crippen molar-refractivity contribution in [3.8, 4) is 5.75 Å². The average Bonchev–Trinajstić information content (AvgIpc) is 3.23. The van der Waals surface area contributed by atoms with Gasteiger partial charge in [0.15, 0.2) is 0 Å². The van der Waals surface area contributed by atoms with Crippen molar-refractivity contribution < 1.29 is 19.1 Å². The summed E-state index contributed by atoms with van der Waals surface area (Å²) >= 11 is 6.31. The Kier molecular flexibility index (Phi) is 8.99. The third-order valence-corrected chi connectivity index (χ3v) is 7.15. The summed E-state index contributed by atoms with van der Waals surface area (Å²) in [4.78, 5) is 40.1. The maximum Gasteiger partial charge on any atom is 0.283 e. The van der Waals surface area contributed by atoms with Gasteiger partial charge in [-0.25, -0.2) is 4.90 Å². The highest BCUT2D eigenvalue weighted by Gasteiger charge is 2.39. The van der Waals surface area contributed by atoms with Crippen molar-refractivity contribution in [3.05, 3.63) is 131 Å². The second-order valence-electron chi connectivity index (χ2n) is 9.86. The lowest BCUT2D eigenvalue weighted by molar-refractivity contribution is -0.120. The first-order chi connectivity index (χ1) is 20.4. The van der Waals surface area contributed by atoms with Gasteiger partial charge in [-0.2, -0.15) is 0 Å². The van der Waals surface area contributed by atoms with Crippen LogP contribution in [-0.4, -0.2) is 17.7 Å². The number of hydrogen-bond donors (Lipinski definition) is 2. The van der Waals surface area contributed by atoms with Crippen LogP contribution >= 0.6 is 11.6 Å². The van der Waals surface area contributed by atoms with E-state index in [1.165, 1.54) is 0 Å². The minimum atomic E-state index is -0.601. The average molecular weight is 580 g/mol. The lowest BCUT2D eigenvalue weighted by Crippen LogP contribution is -2.32. The highest BCUT2D eigenvalue weighted by molar-refractivity contribution is 6.53. The standard InChI is InChI=1S/C34H30ClN3O4/c1-2-3-8-23-13-17-28(18-14-23)38-33(40)30(35)31(34(38)41)36-27-12-7-11-25(21-27)32(39)37-26-15-19-29(20-16-26)42-22-24-9-5-4-6-10-24/h4-7,9-21,36H,2-3,8,22H2,1H3,(H,37,39). The molecule has 2 N–H and O–H groups in total. The third-order valence-electron chi connectivity index (χ3n) is 6.80. The van der Waals surface area contributed by atoms with Gasteiger partial charge in [0.2, 0.25) is 0 Å². The lowest BCUT2D eigenvalue weighted by atomic mass is 10.1. The van der Waals surface area contributed by atoms with Crippen molar-refractivity contribution in [1.82, 2.24) is 0 Å². The molecule has 0 unspecified atom stereocenters. The summed E-state index contributed by atoms with van der Waals surface area (Å²) in [6.45, 7) is 2.58. The number of anilines is 3. The fourth-order valence-corrected chi connectivity index (χ4v) is 4.71. The first kappa shape index (κ1) is 28.6. The molecular weight excluding hydrogens is 550 g/mol. The molecule has 8 heteroatoms. The molecule has 7 nitrogen and oxygen atoms in total. The summed E-state index contributed by atoms with van der Waals surface area (Å²) < 4.78 is 5.80. The van der Waals surface area contributed by atoms with Crippen molar-refractivity contribution in [2.24, 2.45) is 0 Å². The van der Waals surface area contributed by atoms with Gasteiger partial charge in [0.1, 0.15) is 23.1 Å². The molecule has 42 heavy (non-hydrogen) atoms. The van der Waals surface area contributed by atoms with Crippen LogP contribution in [0.5, 0.6) is 5.75 Å². The summed E-state index contributed by atoms with van der Waals surface area (Å²) in [7, 11) is 0. The summed E-state index contributed by atoms with van der Waals surface area (Å²) in [6.07, 6.45) is 3.08. The molecule has 1 heterocycles. The number of amides is 3. The monoisotopic (exact) mass is 579 g/mol. The van der Waals surface area contributed by atoms with E-state index in [1.807, 2.05) is 42.5 Å². The fraction of sp³-hybridized carbons (Fsp3) is 0.147. The quantitative estimate of drug-likeness (QED) is 0.182. The predicted molar refractivity (Wildman–Crippen MR) is 166 cm³/mol. The SMILES string of the molecule is CCCCc1ccc(N2C(=O)C(Cl)=C(Nc3cccc(C(=O)Nc4ccc(OCc5ccccc5)cc4)c3)C2=O)cc1. The van der Waals surface area contributed by atoms with Crippen LogP contribution in [-0.2, 0) is 22.6 Å². The number of halogens is 1. The molecule has 0 atom stereocenters. The zero-order chi connectivity index (χ0) is 29.5. The molecule has 3 amide bonds. The Balaban J connectivity index is 1.21. The molecule has 1 aliphatic heterocycles. The fourth-order valence-electron chi connectivity index (χ4n) is 4.50. The number of ether oxygens (including phenoxy) is 1. The number of nitrogens with zero attached hydrogens (tertiary/aromatic N) is 1. The summed E-state index contributed by atoms with van der Waals surface area (Å²) in [5.74, 6) is -0.813. The van der Waals surface area contributed by atoms with Crippen molar-refractivity contribution in [2.45, 2.75) is 32.8 Å². The number of benzene rings is 4. The molecule has 0 bridgehead atoms. The second kappa shape index (κ2) is 13.2. The van der Waals surface area contributed by atoms with E-state index < -0.39 is 11.8 Å². The van der Waals surface area contributed by atoms with E-state index in [2.05, 4.69) is 17.6 Å². The van der Waals surface area contributed by atoms with Crippen molar-refractivity contribution in [1.29, 1.82) is 0 Å². The van der Waals surface area contributed by atoms with E-state index in [0.717, 1.165) is 35.3 Å². The smallest absolute Gasteiger partial charge is 0.283 e. The van der Waals surface area contributed by atoms with Gasteiger partial charge in [0.05, 0.1) is 5.69 Å². The number of nitrogens with one attached hydrogen (secondary N) is 2. The van der Waals surface area contributed by atoms with Crippen LogP contribution in [0.3, 0.4) is 0 Å². The topological polar surface area (TPSA) is 87.7 Å². The summed E-state index contributed by atoms with van der Waals surface area (Å²) in [5.41, 5.74) is 4.01. The third kappa shape index (κ3) is 6.70. The number of carbonyl (C=O) groups excluding carboxylic acids is 3. The Hall–Kier alpha value is -4.88. The highest BCUT2D eigenvalue weighted by Crippen LogP contribution is 2.31. The first-order valence-corrected chi connectivity index (χ1v) is 14.1. The number of unbranched alkanes of at least 4 members (excludes halogenated alkanes) is 1. The Morgan fingerprint density at radius 2 is 1.55 bits per heavy atom. The van der Waals surface area contributed by atoms with Crippen LogP contribution in [0, 0.1) is 0 Å². The van der Waals surface area contributed by atoms with Crippen LogP contribution in [0.4, 0.5) is 17.1 Å². The summed E-state index contributed by atoms with van der Waals surface area (Å²) in [5, 5.41) is 5.60. The Bertz CT molecular complexity index is 1620. The van der Waals surface area contributed by atoms with E-state index in [1.54, 1.807) is 60.7 Å². The highest BCUT2D eigenvalue weighted by atomic mass is 35.5. The molecule has 0 spiro atoms. The van der Waals surface area contributed by atoms with Crippen LogP contribution in [0.15, 0.2) is 114 Å². The van der Waals surface area contributed by atoms with Gasteiger partial charge >= 0.3 is 0 Å². The lowest BCUT2D eigenvalue weighted by Gasteiger charge is -2.16. The molecular formula is C34H30ClN3O4. The number of carbonyl (C=O) groups is 3.